The Morgan fingerprint density at radius 2 is 1.38 bits per heavy atom. The van der Waals surface area contributed by atoms with Crippen LogP contribution in [0.5, 0.6) is 23.0 Å². The molecule has 0 unspecified atom stereocenters. The zero-order valence-electron chi connectivity index (χ0n) is 12.9. The van der Waals surface area contributed by atoms with E-state index >= 15 is 0 Å². The van der Waals surface area contributed by atoms with E-state index in [4.69, 9.17) is 14.6 Å². The third-order valence-electron chi connectivity index (χ3n) is 2.98. The molecule has 2 N–H and O–H groups in total. The van der Waals surface area contributed by atoms with E-state index in [1.807, 2.05) is 26.0 Å². The molecule has 0 aliphatic carbocycles. The average Bonchev–Trinajstić information content (AvgIpc) is 2.51. The predicted molar refractivity (Wildman–Crippen MR) is 83.4 cm³/mol. The van der Waals surface area contributed by atoms with Gasteiger partial charge in [-0.05, 0) is 43.2 Å². The minimum Gasteiger partial charge on any atom is -0.508 e. The molecule has 21 heavy (non-hydrogen) atoms. The molecule has 2 aromatic rings. The molecule has 0 saturated carbocycles. The molecule has 0 saturated heterocycles. The van der Waals surface area contributed by atoms with Gasteiger partial charge in [-0.15, -0.1) is 0 Å². The number of benzene rings is 2. The highest BCUT2D eigenvalue weighted by Gasteiger charge is 2.09. The van der Waals surface area contributed by atoms with E-state index in [-0.39, 0.29) is 5.75 Å². The van der Waals surface area contributed by atoms with Crippen LogP contribution in [0.25, 0.3) is 0 Å². The second kappa shape index (κ2) is 8.04. The van der Waals surface area contributed by atoms with Crippen LogP contribution in [0.4, 0.5) is 0 Å². The van der Waals surface area contributed by atoms with Gasteiger partial charge in [0.15, 0.2) is 11.5 Å². The van der Waals surface area contributed by atoms with Crippen molar-refractivity contribution >= 4 is 0 Å². The van der Waals surface area contributed by atoms with Crippen molar-refractivity contribution in [1.29, 1.82) is 0 Å². The summed E-state index contributed by atoms with van der Waals surface area (Å²) in [6.45, 7) is 4.02. The molecule has 0 atom stereocenters. The van der Waals surface area contributed by atoms with Crippen molar-refractivity contribution in [3.8, 4) is 23.0 Å². The summed E-state index contributed by atoms with van der Waals surface area (Å²) in [6, 6.07) is 10.7. The van der Waals surface area contributed by atoms with Gasteiger partial charge in [-0.1, -0.05) is 24.6 Å². The van der Waals surface area contributed by atoms with E-state index in [0.29, 0.717) is 17.2 Å². The first-order chi connectivity index (χ1) is 10.0. The molecule has 2 rings (SSSR count). The van der Waals surface area contributed by atoms with Gasteiger partial charge < -0.3 is 19.7 Å². The second-order valence-electron chi connectivity index (χ2n) is 4.54. The van der Waals surface area contributed by atoms with Crippen LogP contribution in [-0.2, 0) is 6.42 Å². The van der Waals surface area contributed by atoms with Crippen molar-refractivity contribution in [2.24, 2.45) is 0 Å². The van der Waals surface area contributed by atoms with Crippen molar-refractivity contribution in [2.45, 2.75) is 20.3 Å². The fourth-order valence-corrected chi connectivity index (χ4v) is 1.70. The van der Waals surface area contributed by atoms with E-state index in [0.717, 1.165) is 12.0 Å². The Morgan fingerprint density at radius 3 is 1.71 bits per heavy atom. The smallest absolute Gasteiger partial charge is 0.200 e. The molecule has 0 heterocycles. The number of aryl methyl sites for hydroxylation is 2. The molecular weight excluding hydrogens is 268 g/mol. The van der Waals surface area contributed by atoms with E-state index < -0.39 is 0 Å². The maximum Gasteiger partial charge on any atom is 0.200 e. The molecular formula is C17H22O4. The maximum absolute atomic E-state index is 9.56. The lowest BCUT2D eigenvalue weighted by atomic mass is 10.1. The maximum atomic E-state index is 9.56. The Kier molecular flexibility index (Phi) is 6.40. The van der Waals surface area contributed by atoms with Gasteiger partial charge in [0.25, 0.3) is 0 Å². The highest BCUT2D eigenvalue weighted by molar-refractivity contribution is 5.52. The number of ether oxygens (including phenoxy) is 2. The summed E-state index contributed by atoms with van der Waals surface area (Å²) in [6.07, 6.45) is 0.882. The van der Waals surface area contributed by atoms with Crippen LogP contribution >= 0.6 is 0 Å². The van der Waals surface area contributed by atoms with Gasteiger partial charge in [0.05, 0.1) is 14.2 Å². The van der Waals surface area contributed by atoms with Crippen LogP contribution in [0.1, 0.15) is 18.1 Å². The van der Waals surface area contributed by atoms with Crippen LogP contribution in [-0.4, -0.2) is 24.4 Å². The Labute approximate surface area is 125 Å². The van der Waals surface area contributed by atoms with E-state index in [1.165, 1.54) is 19.8 Å². The number of rotatable bonds is 3. The van der Waals surface area contributed by atoms with Crippen LogP contribution < -0.4 is 9.47 Å². The molecule has 2 aromatic carbocycles. The summed E-state index contributed by atoms with van der Waals surface area (Å²) in [5.74, 6) is 1.30. The molecule has 0 fully saturated rings. The summed E-state index contributed by atoms with van der Waals surface area (Å²) in [5, 5.41) is 18.3. The van der Waals surface area contributed by atoms with Gasteiger partial charge in [-0.25, -0.2) is 0 Å². The first kappa shape index (κ1) is 16.7. The third kappa shape index (κ3) is 4.91. The topological polar surface area (TPSA) is 58.9 Å². The van der Waals surface area contributed by atoms with Crippen molar-refractivity contribution in [3.63, 3.8) is 0 Å². The van der Waals surface area contributed by atoms with Crippen molar-refractivity contribution in [3.05, 3.63) is 47.5 Å². The summed E-state index contributed by atoms with van der Waals surface area (Å²) < 4.78 is 10.00. The van der Waals surface area contributed by atoms with E-state index in [1.54, 1.807) is 24.3 Å². The predicted octanol–water partition coefficient (Wildman–Crippen LogP) is 3.67. The number of hydrogen-bond donors (Lipinski definition) is 2. The standard InChI is InChI=1S/C10H14O3.C7H8O/c1-4-7-5-8(12-2)10(11)9(6-7)13-3;1-6-2-4-7(8)5-3-6/h5-6,11H,4H2,1-3H3;2-5,8H,1H3. The first-order valence-corrected chi connectivity index (χ1v) is 6.71. The number of phenolic OH excluding ortho intramolecular Hbond substituents is 2. The SMILES string of the molecule is CCc1cc(OC)c(O)c(OC)c1.Cc1ccc(O)cc1. The molecule has 4 heteroatoms. The fourth-order valence-electron chi connectivity index (χ4n) is 1.70. The summed E-state index contributed by atoms with van der Waals surface area (Å²) >= 11 is 0. The molecule has 0 aliphatic rings. The van der Waals surface area contributed by atoms with Gasteiger partial charge in [0, 0.05) is 0 Å². The monoisotopic (exact) mass is 290 g/mol. The highest BCUT2D eigenvalue weighted by Crippen LogP contribution is 2.37. The quantitative estimate of drug-likeness (QED) is 0.905. The van der Waals surface area contributed by atoms with Crippen LogP contribution in [0.15, 0.2) is 36.4 Å². The number of methoxy groups -OCH3 is 2. The Bertz CT molecular complexity index is 515. The van der Waals surface area contributed by atoms with Crippen LogP contribution in [0.3, 0.4) is 0 Å². The van der Waals surface area contributed by atoms with E-state index in [9.17, 15) is 5.11 Å². The minimum atomic E-state index is 0.0576. The molecule has 0 spiro atoms. The fraction of sp³-hybridized carbons (Fsp3) is 0.294. The Morgan fingerprint density at radius 1 is 0.905 bits per heavy atom. The first-order valence-electron chi connectivity index (χ1n) is 6.71. The van der Waals surface area contributed by atoms with Gasteiger partial charge >= 0.3 is 0 Å². The van der Waals surface area contributed by atoms with Gasteiger partial charge in [-0.2, -0.15) is 0 Å². The zero-order valence-corrected chi connectivity index (χ0v) is 12.9. The Balaban J connectivity index is 0.000000235. The second-order valence-corrected chi connectivity index (χ2v) is 4.54. The summed E-state index contributed by atoms with van der Waals surface area (Å²) in [7, 11) is 3.04. The molecule has 114 valence electrons. The molecule has 0 aliphatic heterocycles. The van der Waals surface area contributed by atoms with E-state index in [2.05, 4.69) is 0 Å². The number of hydrogen-bond acceptors (Lipinski definition) is 4. The lowest BCUT2D eigenvalue weighted by Crippen LogP contribution is -1.91. The highest BCUT2D eigenvalue weighted by atomic mass is 16.5. The van der Waals surface area contributed by atoms with Crippen molar-refractivity contribution in [2.75, 3.05) is 14.2 Å². The minimum absolute atomic E-state index is 0.0576. The lowest BCUT2D eigenvalue weighted by molar-refractivity contribution is 0.339. The van der Waals surface area contributed by atoms with Crippen LogP contribution in [0.2, 0.25) is 0 Å². The lowest BCUT2D eigenvalue weighted by Gasteiger charge is -2.09. The normalized spacial score (nSPS) is 9.52. The summed E-state index contributed by atoms with van der Waals surface area (Å²) in [5.41, 5.74) is 2.24. The zero-order chi connectivity index (χ0) is 15.8. The van der Waals surface area contributed by atoms with Gasteiger partial charge in [0.1, 0.15) is 5.75 Å². The molecule has 4 nitrogen and oxygen atoms in total. The Hall–Kier alpha value is -2.36. The third-order valence-corrected chi connectivity index (χ3v) is 2.98. The largest absolute Gasteiger partial charge is 0.508 e. The van der Waals surface area contributed by atoms with Crippen molar-refractivity contribution < 1.29 is 19.7 Å². The van der Waals surface area contributed by atoms with Crippen molar-refractivity contribution in [1.82, 2.24) is 0 Å². The molecule has 0 aromatic heterocycles. The number of phenols is 2. The average molecular weight is 290 g/mol. The molecule has 0 radical (unpaired) electrons. The molecule has 0 bridgehead atoms. The molecule has 0 amide bonds. The number of aromatic hydroxyl groups is 2. The van der Waals surface area contributed by atoms with Gasteiger partial charge in [0.2, 0.25) is 5.75 Å². The van der Waals surface area contributed by atoms with Crippen LogP contribution in [0, 0.1) is 6.92 Å². The van der Waals surface area contributed by atoms with Gasteiger partial charge in [-0.3, -0.25) is 0 Å². The summed E-state index contributed by atoms with van der Waals surface area (Å²) in [4.78, 5) is 0.